The Morgan fingerprint density at radius 1 is 0.929 bits per heavy atom. The van der Waals surface area contributed by atoms with Crippen molar-refractivity contribution in [3.63, 3.8) is 0 Å². The molecule has 0 radical (unpaired) electrons. The van der Waals surface area contributed by atoms with Gasteiger partial charge in [-0.15, -0.1) is 0 Å². The lowest BCUT2D eigenvalue weighted by molar-refractivity contribution is 0.241. The summed E-state index contributed by atoms with van der Waals surface area (Å²) in [4.78, 5) is 11.1. The van der Waals surface area contributed by atoms with E-state index in [-0.39, 0.29) is 6.03 Å². The molecule has 2 amide bonds. The van der Waals surface area contributed by atoms with Crippen LogP contribution in [0.1, 0.15) is 11.1 Å². The predicted octanol–water partition coefficient (Wildman–Crippen LogP) is 1.08. The van der Waals surface area contributed by atoms with Crippen LogP contribution in [-0.2, 0) is 12.8 Å². The summed E-state index contributed by atoms with van der Waals surface area (Å²) in [6.45, 7) is 1.42. The summed E-state index contributed by atoms with van der Waals surface area (Å²) in [5, 5.41) is 5.63. The molecule has 1 aromatic rings. The normalized spacial score (nSPS) is 16.7. The molecule has 0 aromatic heterocycles. The monoisotopic (exact) mass is 190 g/mol. The minimum absolute atomic E-state index is 0.0576. The zero-order chi connectivity index (χ0) is 9.80. The largest absolute Gasteiger partial charge is 0.338 e. The molecule has 1 aromatic carbocycles. The van der Waals surface area contributed by atoms with Crippen molar-refractivity contribution < 1.29 is 4.79 Å². The fraction of sp³-hybridized carbons (Fsp3) is 0.364. The molecule has 74 valence electrons. The fourth-order valence-corrected chi connectivity index (χ4v) is 1.73. The number of carbonyl (C=O) groups is 1. The highest BCUT2D eigenvalue weighted by molar-refractivity contribution is 5.73. The van der Waals surface area contributed by atoms with Crippen LogP contribution in [0.5, 0.6) is 0 Å². The van der Waals surface area contributed by atoms with E-state index in [1.807, 2.05) is 12.1 Å². The molecule has 0 fully saturated rings. The van der Waals surface area contributed by atoms with Crippen LogP contribution in [0.15, 0.2) is 24.3 Å². The Balaban J connectivity index is 2.17. The summed E-state index contributed by atoms with van der Waals surface area (Å²) in [7, 11) is 0. The first kappa shape index (κ1) is 9.06. The summed E-state index contributed by atoms with van der Waals surface area (Å²) in [6, 6.07) is 8.30. The lowest BCUT2D eigenvalue weighted by Gasteiger charge is -2.05. The van der Waals surface area contributed by atoms with Gasteiger partial charge in [-0.2, -0.15) is 0 Å². The molecule has 1 heterocycles. The van der Waals surface area contributed by atoms with E-state index >= 15 is 0 Å². The highest BCUT2D eigenvalue weighted by atomic mass is 16.2. The highest BCUT2D eigenvalue weighted by Crippen LogP contribution is 2.10. The van der Waals surface area contributed by atoms with Gasteiger partial charge in [0, 0.05) is 13.1 Å². The molecule has 1 aliphatic heterocycles. The number of hydrogen-bond acceptors (Lipinski definition) is 1. The van der Waals surface area contributed by atoms with Crippen molar-refractivity contribution in [2.45, 2.75) is 12.8 Å². The Morgan fingerprint density at radius 2 is 1.43 bits per heavy atom. The first-order chi connectivity index (χ1) is 6.86. The molecule has 0 spiro atoms. The average molecular weight is 190 g/mol. The van der Waals surface area contributed by atoms with E-state index in [2.05, 4.69) is 22.8 Å². The van der Waals surface area contributed by atoms with Gasteiger partial charge in [-0.1, -0.05) is 24.3 Å². The van der Waals surface area contributed by atoms with Crippen LogP contribution < -0.4 is 10.6 Å². The van der Waals surface area contributed by atoms with Gasteiger partial charge in [-0.05, 0) is 24.0 Å². The van der Waals surface area contributed by atoms with Crippen molar-refractivity contribution in [1.82, 2.24) is 10.6 Å². The smallest absolute Gasteiger partial charge is 0.314 e. The molecule has 3 heteroatoms. The zero-order valence-corrected chi connectivity index (χ0v) is 8.05. The van der Waals surface area contributed by atoms with Gasteiger partial charge in [0.05, 0.1) is 0 Å². The Hall–Kier alpha value is -1.51. The van der Waals surface area contributed by atoms with Gasteiger partial charge in [0.15, 0.2) is 0 Å². The highest BCUT2D eigenvalue weighted by Gasteiger charge is 2.06. The van der Waals surface area contributed by atoms with E-state index < -0.39 is 0 Å². The molecule has 14 heavy (non-hydrogen) atoms. The van der Waals surface area contributed by atoms with Gasteiger partial charge in [0.25, 0.3) is 0 Å². The van der Waals surface area contributed by atoms with Crippen molar-refractivity contribution >= 4 is 6.03 Å². The van der Waals surface area contributed by atoms with Crippen molar-refractivity contribution in [2.24, 2.45) is 0 Å². The van der Waals surface area contributed by atoms with Gasteiger partial charge in [-0.3, -0.25) is 0 Å². The summed E-state index contributed by atoms with van der Waals surface area (Å²) in [5.74, 6) is 0. The molecule has 2 rings (SSSR count). The van der Waals surface area contributed by atoms with E-state index in [9.17, 15) is 4.79 Å². The topological polar surface area (TPSA) is 41.1 Å². The molecule has 3 nitrogen and oxygen atoms in total. The van der Waals surface area contributed by atoms with Crippen LogP contribution in [-0.4, -0.2) is 19.1 Å². The number of hydrogen-bond donors (Lipinski definition) is 2. The second-order valence-electron chi connectivity index (χ2n) is 3.45. The van der Waals surface area contributed by atoms with E-state index in [1.165, 1.54) is 11.1 Å². The maximum absolute atomic E-state index is 11.1. The van der Waals surface area contributed by atoms with Gasteiger partial charge >= 0.3 is 6.03 Å². The maximum Gasteiger partial charge on any atom is 0.314 e. The van der Waals surface area contributed by atoms with Crippen LogP contribution in [0.2, 0.25) is 0 Å². The molecule has 0 saturated heterocycles. The van der Waals surface area contributed by atoms with Crippen molar-refractivity contribution in [3.05, 3.63) is 35.4 Å². The third kappa shape index (κ3) is 2.05. The molecule has 1 aliphatic rings. The van der Waals surface area contributed by atoms with E-state index in [0.29, 0.717) is 13.1 Å². The molecule has 0 aliphatic carbocycles. The maximum atomic E-state index is 11.1. The molecular weight excluding hydrogens is 176 g/mol. The van der Waals surface area contributed by atoms with Crippen LogP contribution >= 0.6 is 0 Å². The summed E-state index contributed by atoms with van der Waals surface area (Å²) in [5.41, 5.74) is 2.69. The third-order valence-electron chi connectivity index (χ3n) is 2.48. The Morgan fingerprint density at radius 3 is 1.93 bits per heavy atom. The van der Waals surface area contributed by atoms with Crippen molar-refractivity contribution in [2.75, 3.05) is 13.1 Å². The second kappa shape index (κ2) is 4.13. The lowest BCUT2D eigenvalue weighted by atomic mass is 10.0. The number of urea groups is 1. The molecule has 0 atom stereocenters. The van der Waals surface area contributed by atoms with Gasteiger partial charge < -0.3 is 10.6 Å². The standard InChI is InChI=1S/C11H14N2O/c14-11-12-7-5-9-3-1-2-4-10(9)6-8-13-11/h1-4H,5-8H2,(H2,12,13,14). The molecular formula is C11H14N2O. The number of benzene rings is 1. The minimum atomic E-state index is -0.0576. The van der Waals surface area contributed by atoms with Crippen LogP contribution in [0.4, 0.5) is 4.79 Å². The Bertz CT molecular complexity index is 305. The summed E-state index contributed by atoms with van der Waals surface area (Å²) < 4.78 is 0. The predicted molar refractivity (Wildman–Crippen MR) is 55.3 cm³/mol. The second-order valence-corrected chi connectivity index (χ2v) is 3.45. The van der Waals surface area contributed by atoms with Gasteiger partial charge in [0.2, 0.25) is 0 Å². The quantitative estimate of drug-likeness (QED) is 0.631. The van der Waals surface area contributed by atoms with Crippen molar-refractivity contribution in [1.29, 1.82) is 0 Å². The number of nitrogens with one attached hydrogen (secondary N) is 2. The first-order valence-corrected chi connectivity index (χ1v) is 4.95. The van der Waals surface area contributed by atoms with Crippen LogP contribution in [0.25, 0.3) is 0 Å². The summed E-state index contributed by atoms with van der Waals surface area (Å²) in [6.07, 6.45) is 1.84. The number of fused-ring (bicyclic) bond motifs is 1. The average Bonchev–Trinajstić information content (AvgIpc) is 2.28. The van der Waals surface area contributed by atoms with Crippen LogP contribution in [0, 0.1) is 0 Å². The molecule has 0 bridgehead atoms. The molecule has 0 unspecified atom stereocenters. The van der Waals surface area contributed by atoms with Gasteiger partial charge in [0.1, 0.15) is 0 Å². The number of rotatable bonds is 0. The molecule has 0 saturated carbocycles. The Kier molecular flexibility index (Phi) is 2.68. The number of carbonyl (C=O) groups excluding carboxylic acids is 1. The summed E-state index contributed by atoms with van der Waals surface area (Å²) >= 11 is 0. The molecule has 2 N–H and O–H groups in total. The van der Waals surface area contributed by atoms with E-state index in [4.69, 9.17) is 0 Å². The third-order valence-corrected chi connectivity index (χ3v) is 2.48. The minimum Gasteiger partial charge on any atom is -0.338 e. The number of amides is 2. The van der Waals surface area contributed by atoms with Crippen LogP contribution in [0.3, 0.4) is 0 Å². The van der Waals surface area contributed by atoms with Crippen molar-refractivity contribution in [3.8, 4) is 0 Å². The van der Waals surface area contributed by atoms with E-state index in [1.54, 1.807) is 0 Å². The SMILES string of the molecule is O=C1NCCc2ccccc2CCN1. The first-order valence-electron chi connectivity index (χ1n) is 4.95. The fourth-order valence-electron chi connectivity index (χ4n) is 1.73. The zero-order valence-electron chi connectivity index (χ0n) is 8.05. The lowest BCUT2D eigenvalue weighted by Crippen LogP contribution is -2.36. The van der Waals surface area contributed by atoms with E-state index in [0.717, 1.165) is 12.8 Å². The Labute approximate surface area is 83.5 Å². The van der Waals surface area contributed by atoms with Gasteiger partial charge in [-0.25, -0.2) is 4.79 Å².